The van der Waals surface area contributed by atoms with Gasteiger partial charge in [-0.3, -0.25) is 14.5 Å². The molecular formula is C24H25N3O2. The average Bonchev–Trinajstić information content (AvgIpc) is 2.80. The normalized spacial score (nSPS) is 22.8. The van der Waals surface area contributed by atoms with Gasteiger partial charge in [0.05, 0.1) is 34.2 Å². The lowest BCUT2D eigenvalue weighted by Crippen LogP contribution is -2.44. The predicted octanol–water partition coefficient (Wildman–Crippen LogP) is 4.15. The number of rotatable bonds is 2. The molecule has 2 N–H and O–H groups in total. The molecule has 0 aromatic heterocycles. The van der Waals surface area contributed by atoms with Gasteiger partial charge in [0.2, 0.25) is 5.91 Å². The van der Waals surface area contributed by atoms with Crippen LogP contribution in [0.2, 0.25) is 0 Å². The van der Waals surface area contributed by atoms with E-state index in [1.165, 1.54) is 0 Å². The van der Waals surface area contributed by atoms with Gasteiger partial charge < -0.3 is 10.6 Å². The van der Waals surface area contributed by atoms with E-state index in [1.54, 1.807) is 0 Å². The van der Waals surface area contributed by atoms with Crippen LogP contribution in [0.15, 0.2) is 65.9 Å². The first kappa shape index (κ1) is 18.0. The number of nitrogens with zero attached hydrogens (tertiary/aromatic N) is 1. The summed E-state index contributed by atoms with van der Waals surface area (Å²) in [6.45, 7) is 3.99. The van der Waals surface area contributed by atoms with E-state index in [0.717, 1.165) is 41.9 Å². The zero-order valence-electron chi connectivity index (χ0n) is 16.7. The van der Waals surface area contributed by atoms with Crippen LogP contribution in [0, 0.1) is 5.92 Å². The van der Waals surface area contributed by atoms with Crippen molar-refractivity contribution in [2.24, 2.45) is 5.92 Å². The van der Waals surface area contributed by atoms with Crippen molar-refractivity contribution >= 4 is 23.2 Å². The van der Waals surface area contributed by atoms with Crippen LogP contribution in [-0.4, -0.2) is 17.4 Å². The van der Waals surface area contributed by atoms with Crippen LogP contribution in [0.4, 0.5) is 11.4 Å². The monoisotopic (exact) mass is 387 g/mol. The maximum Gasteiger partial charge on any atom is 0.252 e. The summed E-state index contributed by atoms with van der Waals surface area (Å²) in [7, 11) is 0. The number of hydrogen-bond donors (Lipinski definition) is 2. The molecule has 5 rings (SSSR count). The van der Waals surface area contributed by atoms with Crippen molar-refractivity contribution in [1.82, 2.24) is 5.32 Å². The second kappa shape index (κ2) is 6.48. The molecule has 1 fully saturated rings. The Bertz CT molecular complexity index is 1020. The molecule has 5 nitrogen and oxygen atoms in total. The summed E-state index contributed by atoms with van der Waals surface area (Å²) in [6, 6.07) is 17.3. The number of hydrogen-bond acceptors (Lipinski definition) is 3. The first-order chi connectivity index (χ1) is 14.0. The third kappa shape index (κ3) is 2.76. The third-order valence-corrected chi connectivity index (χ3v) is 6.33. The molecule has 1 aliphatic carbocycles. The van der Waals surface area contributed by atoms with Crippen LogP contribution in [0.25, 0.3) is 0 Å². The first-order valence-electron chi connectivity index (χ1n) is 10.3. The van der Waals surface area contributed by atoms with E-state index in [9.17, 15) is 9.59 Å². The summed E-state index contributed by atoms with van der Waals surface area (Å²) < 4.78 is 0. The van der Waals surface area contributed by atoms with Crippen LogP contribution < -0.4 is 15.5 Å². The SMILES string of the molecule is CC1(C)NC(=O)C2=C1Nc1ccccc1N(C(=O)C1CCC1)C2c1ccccc1. The zero-order valence-corrected chi connectivity index (χ0v) is 16.7. The van der Waals surface area contributed by atoms with Crippen molar-refractivity contribution in [3.63, 3.8) is 0 Å². The van der Waals surface area contributed by atoms with Crippen molar-refractivity contribution < 1.29 is 9.59 Å². The number of carbonyl (C=O) groups excluding carboxylic acids is 2. The number of fused-ring (bicyclic) bond motifs is 1. The lowest BCUT2D eigenvalue weighted by atomic mass is 9.83. The Morgan fingerprint density at radius 3 is 2.41 bits per heavy atom. The predicted molar refractivity (Wildman–Crippen MR) is 113 cm³/mol. The fraction of sp³-hybridized carbons (Fsp3) is 0.333. The average molecular weight is 387 g/mol. The quantitative estimate of drug-likeness (QED) is 0.814. The molecule has 0 bridgehead atoms. The van der Waals surface area contributed by atoms with E-state index in [2.05, 4.69) is 10.6 Å². The summed E-state index contributed by atoms with van der Waals surface area (Å²) in [5.41, 5.74) is 3.56. The first-order valence-corrected chi connectivity index (χ1v) is 10.3. The fourth-order valence-electron chi connectivity index (χ4n) is 4.59. The van der Waals surface area contributed by atoms with E-state index in [0.29, 0.717) is 5.57 Å². The second-order valence-electron chi connectivity index (χ2n) is 8.66. The largest absolute Gasteiger partial charge is 0.355 e. The van der Waals surface area contributed by atoms with Gasteiger partial charge in [-0.05, 0) is 44.4 Å². The van der Waals surface area contributed by atoms with Gasteiger partial charge in [-0.25, -0.2) is 0 Å². The molecule has 0 radical (unpaired) electrons. The summed E-state index contributed by atoms with van der Waals surface area (Å²) in [5, 5.41) is 6.60. The Morgan fingerprint density at radius 1 is 1.03 bits per heavy atom. The Hall–Kier alpha value is -3.08. The standard InChI is InChI=1S/C24H25N3O2/c1-24(2)21-19(22(28)26-24)20(15-9-4-3-5-10-15)27(23(29)16-11-8-12-16)18-14-7-6-13-17(18)25-21/h3-7,9-10,13-14,16,20,25H,8,11-12H2,1-2H3,(H,26,28). The topological polar surface area (TPSA) is 61.4 Å². The minimum Gasteiger partial charge on any atom is -0.355 e. The van der Waals surface area contributed by atoms with Gasteiger partial charge in [0.25, 0.3) is 5.91 Å². The number of para-hydroxylation sites is 2. The molecule has 2 amide bonds. The van der Waals surface area contributed by atoms with Gasteiger partial charge in [0, 0.05) is 5.92 Å². The molecule has 29 heavy (non-hydrogen) atoms. The second-order valence-corrected chi connectivity index (χ2v) is 8.66. The number of carbonyl (C=O) groups is 2. The highest BCUT2D eigenvalue weighted by Gasteiger charge is 2.48. The van der Waals surface area contributed by atoms with Gasteiger partial charge in [-0.2, -0.15) is 0 Å². The summed E-state index contributed by atoms with van der Waals surface area (Å²) in [6.07, 6.45) is 2.91. The number of anilines is 2. The van der Waals surface area contributed by atoms with Gasteiger partial charge >= 0.3 is 0 Å². The molecular weight excluding hydrogens is 362 g/mol. The summed E-state index contributed by atoms with van der Waals surface area (Å²) in [4.78, 5) is 28.7. The van der Waals surface area contributed by atoms with Gasteiger partial charge in [-0.1, -0.05) is 48.9 Å². The van der Waals surface area contributed by atoms with Crippen molar-refractivity contribution in [3.05, 3.63) is 71.4 Å². The summed E-state index contributed by atoms with van der Waals surface area (Å²) in [5.74, 6) is 0.00470. The third-order valence-electron chi connectivity index (χ3n) is 6.33. The molecule has 2 aliphatic heterocycles. The van der Waals surface area contributed by atoms with Crippen LogP contribution >= 0.6 is 0 Å². The van der Waals surface area contributed by atoms with Crippen LogP contribution in [-0.2, 0) is 9.59 Å². The molecule has 148 valence electrons. The lowest BCUT2D eigenvalue weighted by molar-refractivity contribution is -0.125. The van der Waals surface area contributed by atoms with Crippen LogP contribution in [0.5, 0.6) is 0 Å². The van der Waals surface area contributed by atoms with Crippen molar-refractivity contribution in [3.8, 4) is 0 Å². The number of nitrogens with one attached hydrogen (secondary N) is 2. The van der Waals surface area contributed by atoms with E-state index in [4.69, 9.17) is 0 Å². The van der Waals surface area contributed by atoms with Crippen LogP contribution in [0.1, 0.15) is 44.7 Å². The molecule has 0 spiro atoms. The van der Waals surface area contributed by atoms with Gasteiger partial charge in [-0.15, -0.1) is 0 Å². The van der Waals surface area contributed by atoms with Crippen molar-refractivity contribution in [2.45, 2.75) is 44.7 Å². The van der Waals surface area contributed by atoms with Crippen molar-refractivity contribution in [1.29, 1.82) is 0 Å². The maximum absolute atomic E-state index is 13.7. The molecule has 2 aromatic carbocycles. The number of benzene rings is 2. The Morgan fingerprint density at radius 2 is 1.72 bits per heavy atom. The molecule has 1 saturated carbocycles. The van der Waals surface area contributed by atoms with E-state index in [-0.39, 0.29) is 17.7 Å². The molecule has 3 aliphatic rings. The lowest BCUT2D eigenvalue weighted by Gasteiger charge is -2.37. The fourth-order valence-corrected chi connectivity index (χ4v) is 4.59. The highest BCUT2D eigenvalue weighted by molar-refractivity contribution is 6.07. The molecule has 1 unspecified atom stereocenters. The highest BCUT2D eigenvalue weighted by Crippen LogP contribution is 2.47. The molecule has 0 saturated heterocycles. The molecule has 2 aromatic rings. The molecule has 1 atom stereocenters. The van der Waals surface area contributed by atoms with E-state index < -0.39 is 11.6 Å². The summed E-state index contributed by atoms with van der Waals surface area (Å²) >= 11 is 0. The van der Waals surface area contributed by atoms with E-state index in [1.807, 2.05) is 73.3 Å². The maximum atomic E-state index is 13.7. The van der Waals surface area contributed by atoms with E-state index >= 15 is 0 Å². The Kier molecular flexibility index (Phi) is 4.02. The van der Waals surface area contributed by atoms with Crippen LogP contribution in [0.3, 0.4) is 0 Å². The zero-order chi connectivity index (χ0) is 20.2. The number of amides is 2. The van der Waals surface area contributed by atoms with Gasteiger partial charge in [0.1, 0.15) is 0 Å². The minimum absolute atomic E-state index is 0.0221. The highest BCUT2D eigenvalue weighted by atomic mass is 16.2. The Labute approximate surface area is 170 Å². The van der Waals surface area contributed by atoms with Gasteiger partial charge in [0.15, 0.2) is 0 Å². The van der Waals surface area contributed by atoms with Crippen molar-refractivity contribution in [2.75, 3.05) is 10.2 Å². The minimum atomic E-state index is -0.540. The molecule has 5 heteroatoms. The Balaban J connectivity index is 1.78. The smallest absolute Gasteiger partial charge is 0.252 e. The molecule has 2 heterocycles.